The molecule has 0 aliphatic heterocycles. The maximum atomic E-state index is 10.9. The number of hydrogen-bond acceptors (Lipinski definition) is 2. The molecule has 0 aliphatic carbocycles. The molecule has 0 amide bonds. The Morgan fingerprint density at radius 2 is 1.67 bits per heavy atom. The van der Waals surface area contributed by atoms with Gasteiger partial charge in [0, 0.05) is 0 Å². The van der Waals surface area contributed by atoms with E-state index < -0.39 is 5.60 Å². The number of rotatable bonds is 2. The van der Waals surface area contributed by atoms with Crippen LogP contribution in [-0.4, -0.2) is 31.1 Å². The van der Waals surface area contributed by atoms with Gasteiger partial charge in [-0.2, -0.15) is 0 Å². The van der Waals surface area contributed by atoms with Crippen molar-refractivity contribution in [3.63, 3.8) is 0 Å². The Morgan fingerprint density at radius 3 is 1.67 bits per heavy atom. The van der Waals surface area contributed by atoms with E-state index in [-0.39, 0.29) is 29.6 Å². The van der Waals surface area contributed by atoms with Crippen LogP contribution < -0.4 is 34.7 Å². The van der Waals surface area contributed by atoms with Crippen molar-refractivity contribution in [2.24, 2.45) is 0 Å². The maximum Gasteiger partial charge on any atom is 1.00 e. The van der Waals surface area contributed by atoms with Gasteiger partial charge in [0.2, 0.25) is 0 Å². The molecule has 0 aromatic carbocycles. The molecule has 0 saturated heterocycles. The first-order valence-electron chi connectivity index (χ1n) is 2.77. The van der Waals surface area contributed by atoms with Gasteiger partial charge in [-0.15, -0.1) is 5.60 Å². The maximum absolute atomic E-state index is 10.9. The van der Waals surface area contributed by atoms with E-state index >= 15 is 0 Å². The summed E-state index contributed by atoms with van der Waals surface area (Å²) in [6.45, 7) is 3.98. The van der Waals surface area contributed by atoms with Crippen LogP contribution in [0.25, 0.3) is 0 Å². The summed E-state index contributed by atoms with van der Waals surface area (Å²) in [5.41, 5.74) is -0.802. The second-order valence-electron chi connectivity index (χ2n) is 3.00. The predicted octanol–water partition coefficient (Wildman–Crippen LogP) is -3.31. The largest absolute Gasteiger partial charge is 1.00 e. The van der Waals surface area contributed by atoms with E-state index in [9.17, 15) is 5.11 Å². The summed E-state index contributed by atoms with van der Waals surface area (Å²) in [6, 6.07) is 0. The zero-order valence-corrected chi connectivity index (χ0v) is 9.06. The predicted molar refractivity (Wildman–Crippen MR) is 32.6 cm³/mol. The minimum absolute atomic E-state index is 0. The van der Waals surface area contributed by atoms with E-state index in [0.29, 0.717) is 6.54 Å². The fourth-order valence-corrected chi connectivity index (χ4v) is 0.762. The van der Waals surface area contributed by atoms with Crippen molar-refractivity contribution in [1.82, 2.24) is 4.90 Å². The molecule has 0 unspecified atom stereocenters. The Bertz CT molecular complexity index is 67.9. The third-order valence-corrected chi connectivity index (χ3v) is 0.697. The average Bonchev–Trinajstić information content (AvgIpc) is 1.21. The minimum Gasteiger partial charge on any atom is -0.849 e. The van der Waals surface area contributed by atoms with Crippen LogP contribution in [0.4, 0.5) is 0 Å². The molecule has 0 aromatic rings. The van der Waals surface area contributed by atoms with Gasteiger partial charge in [0.1, 0.15) is 0 Å². The summed E-state index contributed by atoms with van der Waals surface area (Å²) in [6.07, 6.45) is 0. The SMILES string of the molecule is CN(C)CC(C)(C)[O-].[Na+]. The van der Waals surface area contributed by atoms with Gasteiger partial charge < -0.3 is 10.0 Å². The molecule has 0 heterocycles. The molecule has 0 radical (unpaired) electrons. The molecule has 3 heteroatoms. The fraction of sp³-hybridized carbons (Fsp3) is 1.00. The molecule has 0 saturated carbocycles. The molecule has 0 rings (SSSR count). The third-order valence-electron chi connectivity index (χ3n) is 0.697. The summed E-state index contributed by atoms with van der Waals surface area (Å²) >= 11 is 0. The number of hydrogen-bond donors (Lipinski definition) is 0. The topological polar surface area (TPSA) is 26.3 Å². The summed E-state index contributed by atoms with van der Waals surface area (Å²) in [7, 11) is 3.80. The van der Waals surface area contributed by atoms with Crippen molar-refractivity contribution < 1.29 is 34.7 Å². The summed E-state index contributed by atoms with van der Waals surface area (Å²) in [5, 5.41) is 10.9. The quantitative estimate of drug-likeness (QED) is 0.374. The molecule has 0 N–H and O–H groups in total. The second-order valence-corrected chi connectivity index (χ2v) is 3.00. The van der Waals surface area contributed by atoms with E-state index in [1.54, 1.807) is 13.8 Å². The van der Waals surface area contributed by atoms with Gasteiger partial charge in [0.25, 0.3) is 0 Å². The number of nitrogens with zero attached hydrogens (tertiary/aromatic N) is 1. The summed E-state index contributed by atoms with van der Waals surface area (Å²) < 4.78 is 0. The molecule has 9 heavy (non-hydrogen) atoms. The van der Waals surface area contributed by atoms with Crippen LogP contribution in [0.1, 0.15) is 13.8 Å². The van der Waals surface area contributed by atoms with Gasteiger partial charge in [0.05, 0.1) is 0 Å². The van der Waals surface area contributed by atoms with Gasteiger partial charge in [-0.1, -0.05) is 13.8 Å². The van der Waals surface area contributed by atoms with Gasteiger partial charge >= 0.3 is 29.6 Å². The van der Waals surface area contributed by atoms with Crippen LogP contribution in [0.15, 0.2) is 0 Å². The molecular formula is C6H14NNaO. The average molecular weight is 139 g/mol. The Kier molecular flexibility index (Phi) is 6.56. The zero-order valence-electron chi connectivity index (χ0n) is 7.06. The molecule has 50 valence electrons. The Labute approximate surface area is 79.5 Å². The van der Waals surface area contributed by atoms with E-state index in [1.807, 2.05) is 19.0 Å². The van der Waals surface area contributed by atoms with Gasteiger partial charge in [-0.25, -0.2) is 0 Å². The normalized spacial score (nSPS) is 11.3. The van der Waals surface area contributed by atoms with Crippen LogP contribution in [0, 0.1) is 0 Å². The molecule has 0 aromatic heterocycles. The van der Waals surface area contributed by atoms with Crippen LogP contribution in [0.3, 0.4) is 0 Å². The van der Waals surface area contributed by atoms with E-state index in [1.165, 1.54) is 0 Å². The molecule has 2 nitrogen and oxygen atoms in total. The van der Waals surface area contributed by atoms with Gasteiger partial charge in [-0.3, -0.25) is 0 Å². The molecule has 0 fully saturated rings. The van der Waals surface area contributed by atoms with Crippen LogP contribution >= 0.6 is 0 Å². The van der Waals surface area contributed by atoms with Crippen molar-refractivity contribution in [1.29, 1.82) is 0 Å². The molecule has 0 atom stereocenters. The molecule has 0 spiro atoms. The Morgan fingerprint density at radius 1 is 1.33 bits per heavy atom. The van der Waals surface area contributed by atoms with Gasteiger partial charge in [-0.05, 0) is 20.6 Å². The number of likely N-dealkylation sites (N-methyl/N-ethyl adjacent to an activating group) is 1. The summed E-state index contributed by atoms with van der Waals surface area (Å²) in [4.78, 5) is 1.90. The minimum atomic E-state index is -0.802. The Balaban J connectivity index is 0. The second kappa shape index (κ2) is 4.69. The van der Waals surface area contributed by atoms with Crippen molar-refractivity contribution in [2.75, 3.05) is 20.6 Å². The summed E-state index contributed by atoms with van der Waals surface area (Å²) in [5.74, 6) is 0. The monoisotopic (exact) mass is 139 g/mol. The van der Waals surface area contributed by atoms with Crippen molar-refractivity contribution in [3.8, 4) is 0 Å². The first-order valence-corrected chi connectivity index (χ1v) is 2.77. The van der Waals surface area contributed by atoms with Gasteiger partial charge in [0.15, 0.2) is 0 Å². The van der Waals surface area contributed by atoms with E-state index in [0.717, 1.165) is 0 Å². The van der Waals surface area contributed by atoms with Crippen LogP contribution in [0.2, 0.25) is 0 Å². The Hall–Kier alpha value is 0.920. The van der Waals surface area contributed by atoms with Crippen LogP contribution in [-0.2, 0) is 0 Å². The standard InChI is InChI=1S/C6H14NO.Na/c1-6(2,8)5-7(3)4;/h5H2,1-4H3;/q-1;+1. The first kappa shape index (κ1) is 12.6. The van der Waals surface area contributed by atoms with E-state index in [2.05, 4.69) is 0 Å². The smallest absolute Gasteiger partial charge is 0.849 e. The molecular weight excluding hydrogens is 125 g/mol. The third kappa shape index (κ3) is 12.2. The van der Waals surface area contributed by atoms with Crippen LogP contribution in [0.5, 0.6) is 0 Å². The zero-order chi connectivity index (χ0) is 6.78. The molecule has 0 bridgehead atoms. The first-order chi connectivity index (χ1) is 3.42. The molecule has 0 aliphatic rings. The van der Waals surface area contributed by atoms with Crippen molar-refractivity contribution in [2.45, 2.75) is 19.4 Å². The van der Waals surface area contributed by atoms with Crippen molar-refractivity contribution in [3.05, 3.63) is 0 Å². The van der Waals surface area contributed by atoms with E-state index in [4.69, 9.17) is 0 Å². The van der Waals surface area contributed by atoms with Crippen molar-refractivity contribution >= 4 is 0 Å². The fourth-order valence-electron chi connectivity index (χ4n) is 0.762.